The number of aryl methyl sites for hydroxylation is 1. The molecular weight excluding hydrogens is 242 g/mol. The third-order valence-electron chi connectivity index (χ3n) is 2.84. The molecule has 0 atom stereocenters. The molecule has 4 nitrogen and oxygen atoms in total. The van der Waals surface area contributed by atoms with Gasteiger partial charge >= 0.3 is 0 Å². The van der Waals surface area contributed by atoms with Crippen molar-refractivity contribution in [3.8, 4) is 11.5 Å². The minimum absolute atomic E-state index is 0.146. The number of carbonyl (C=O) groups excluding carboxylic acids is 1. The van der Waals surface area contributed by atoms with E-state index in [9.17, 15) is 9.90 Å². The van der Waals surface area contributed by atoms with Crippen LogP contribution in [0.5, 0.6) is 11.5 Å². The summed E-state index contributed by atoms with van der Waals surface area (Å²) >= 11 is 0. The molecule has 1 amide bonds. The highest BCUT2D eigenvalue weighted by Crippen LogP contribution is 2.16. The molecule has 98 valence electrons. The van der Waals surface area contributed by atoms with Gasteiger partial charge in [0.05, 0.1) is 0 Å². The average Bonchev–Trinajstić information content (AvgIpc) is 2.37. The van der Waals surface area contributed by atoms with Gasteiger partial charge in [-0.25, -0.2) is 0 Å². The van der Waals surface area contributed by atoms with E-state index in [-0.39, 0.29) is 17.4 Å². The Hall–Kier alpha value is -2.49. The fourth-order valence-electron chi connectivity index (χ4n) is 1.79. The minimum Gasteiger partial charge on any atom is -0.508 e. The molecule has 0 aliphatic heterocycles. The van der Waals surface area contributed by atoms with E-state index >= 15 is 0 Å². The molecule has 2 aromatic rings. The third kappa shape index (κ3) is 3.25. The van der Waals surface area contributed by atoms with Crippen molar-refractivity contribution in [2.24, 2.45) is 0 Å². The molecule has 0 fully saturated rings. The molecule has 3 N–H and O–H groups in total. The molecule has 0 bridgehead atoms. The van der Waals surface area contributed by atoms with E-state index in [2.05, 4.69) is 5.32 Å². The number of phenols is 2. The molecule has 0 aromatic heterocycles. The summed E-state index contributed by atoms with van der Waals surface area (Å²) in [6.07, 6.45) is 0. The Labute approximate surface area is 111 Å². The van der Waals surface area contributed by atoms with Crippen LogP contribution in [0.1, 0.15) is 21.5 Å². The Morgan fingerprint density at radius 2 is 1.68 bits per heavy atom. The number of benzene rings is 2. The van der Waals surface area contributed by atoms with Gasteiger partial charge in [-0.05, 0) is 48.4 Å². The van der Waals surface area contributed by atoms with Crippen LogP contribution in [-0.4, -0.2) is 16.1 Å². The monoisotopic (exact) mass is 257 g/mol. The van der Waals surface area contributed by atoms with Gasteiger partial charge in [0.1, 0.15) is 11.5 Å². The Bertz CT molecular complexity index is 591. The lowest BCUT2D eigenvalue weighted by molar-refractivity contribution is 0.0950. The first-order valence-electron chi connectivity index (χ1n) is 5.92. The van der Waals surface area contributed by atoms with Crippen LogP contribution in [0.3, 0.4) is 0 Å². The Morgan fingerprint density at radius 1 is 1.05 bits per heavy atom. The number of aromatic hydroxyl groups is 2. The zero-order valence-electron chi connectivity index (χ0n) is 10.6. The summed E-state index contributed by atoms with van der Waals surface area (Å²) in [5, 5.41) is 21.3. The standard InChI is InChI=1S/C15H15NO3/c1-10-8-13(18)6-7-14(10)15(19)16-9-11-2-4-12(17)5-3-11/h2-8,17-18H,9H2,1H3,(H,16,19). The van der Waals surface area contributed by atoms with E-state index < -0.39 is 0 Å². The van der Waals surface area contributed by atoms with Gasteiger partial charge in [0, 0.05) is 12.1 Å². The molecule has 19 heavy (non-hydrogen) atoms. The highest BCUT2D eigenvalue weighted by molar-refractivity contribution is 5.95. The average molecular weight is 257 g/mol. The Kier molecular flexibility index (Phi) is 3.71. The predicted octanol–water partition coefficient (Wildman–Crippen LogP) is 2.34. The fraction of sp³-hybridized carbons (Fsp3) is 0.133. The first-order chi connectivity index (χ1) is 9.06. The molecule has 2 rings (SSSR count). The van der Waals surface area contributed by atoms with Gasteiger partial charge in [0.25, 0.3) is 5.91 Å². The smallest absolute Gasteiger partial charge is 0.251 e. The van der Waals surface area contributed by atoms with Gasteiger partial charge in [-0.15, -0.1) is 0 Å². The number of hydrogen-bond acceptors (Lipinski definition) is 3. The molecule has 0 saturated carbocycles. The quantitative estimate of drug-likeness (QED) is 0.790. The second-order valence-electron chi connectivity index (χ2n) is 4.35. The number of nitrogens with one attached hydrogen (secondary N) is 1. The highest BCUT2D eigenvalue weighted by atomic mass is 16.3. The van der Waals surface area contributed by atoms with Crippen LogP contribution in [0.25, 0.3) is 0 Å². The van der Waals surface area contributed by atoms with Crippen molar-refractivity contribution in [1.29, 1.82) is 0 Å². The third-order valence-corrected chi connectivity index (χ3v) is 2.84. The molecule has 4 heteroatoms. The summed E-state index contributed by atoms with van der Waals surface area (Å²) in [7, 11) is 0. The Balaban J connectivity index is 2.03. The van der Waals surface area contributed by atoms with Crippen LogP contribution in [-0.2, 0) is 6.54 Å². The first-order valence-corrected chi connectivity index (χ1v) is 5.92. The lowest BCUT2D eigenvalue weighted by atomic mass is 10.1. The van der Waals surface area contributed by atoms with Crippen LogP contribution in [0.15, 0.2) is 42.5 Å². The molecule has 0 saturated heterocycles. The predicted molar refractivity (Wildman–Crippen MR) is 72.1 cm³/mol. The summed E-state index contributed by atoms with van der Waals surface area (Å²) < 4.78 is 0. The molecule has 0 aliphatic carbocycles. The van der Waals surface area contributed by atoms with Crippen molar-refractivity contribution in [2.75, 3.05) is 0 Å². The fourth-order valence-corrected chi connectivity index (χ4v) is 1.79. The number of amides is 1. The molecule has 0 heterocycles. The van der Waals surface area contributed by atoms with Crippen LogP contribution >= 0.6 is 0 Å². The first kappa shape index (κ1) is 13.0. The highest BCUT2D eigenvalue weighted by Gasteiger charge is 2.08. The summed E-state index contributed by atoms with van der Waals surface area (Å²) in [6, 6.07) is 11.3. The number of carbonyl (C=O) groups is 1. The van der Waals surface area contributed by atoms with Crippen LogP contribution in [0.4, 0.5) is 0 Å². The lowest BCUT2D eigenvalue weighted by Crippen LogP contribution is -2.23. The van der Waals surface area contributed by atoms with Gasteiger partial charge < -0.3 is 15.5 Å². The van der Waals surface area contributed by atoms with Crippen molar-refractivity contribution in [3.63, 3.8) is 0 Å². The normalized spacial score (nSPS) is 10.2. The molecule has 2 aromatic carbocycles. The number of hydrogen-bond donors (Lipinski definition) is 3. The number of phenolic OH excluding ortho intramolecular Hbond substituents is 2. The summed E-state index contributed by atoms with van der Waals surface area (Å²) in [6.45, 7) is 2.16. The van der Waals surface area contributed by atoms with Gasteiger partial charge in [-0.3, -0.25) is 4.79 Å². The maximum absolute atomic E-state index is 12.0. The minimum atomic E-state index is -0.189. The van der Waals surface area contributed by atoms with Crippen LogP contribution in [0, 0.1) is 6.92 Å². The second kappa shape index (κ2) is 5.44. The van der Waals surface area contributed by atoms with Crippen molar-refractivity contribution in [2.45, 2.75) is 13.5 Å². The zero-order valence-corrected chi connectivity index (χ0v) is 10.6. The van der Waals surface area contributed by atoms with E-state index in [1.165, 1.54) is 6.07 Å². The van der Waals surface area contributed by atoms with Crippen molar-refractivity contribution in [1.82, 2.24) is 5.32 Å². The van der Waals surface area contributed by atoms with Gasteiger partial charge in [-0.2, -0.15) is 0 Å². The largest absolute Gasteiger partial charge is 0.508 e. The molecule has 0 aliphatic rings. The van der Waals surface area contributed by atoms with Crippen LogP contribution < -0.4 is 5.32 Å². The molecule has 0 unspecified atom stereocenters. The maximum atomic E-state index is 12.0. The van der Waals surface area contributed by atoms with Crippen molar-refractivity contribution < 1.29 is 15.0 Å². The van der Waals surface area contributed by atoms with E-state index in [4.69, 9.17) is 5.11 Å². The summed E-state index contributed by atoms with van der Waals surface area (Å²) in [5.74, 6) is 0.155. The lowest BCUT2D eigenvalue weighted by Gasteiger charge is -2.08. The maximum Gasteiger partial charge on any atom is 0.251 e. The summed E-state index contributed by atoms with van der Waals surface area (Å²) in [5.41, 5.74) is 2.17. The van der Waals surface area contributed by atoms with Gasteiger partial charge in [0.15, 0.2) is 0 Å². The van der Waals surface area contributed by atoms with Crippen LogP contribution in [0.2, 0.25) is 0 Å². The topological polar surface area (TPSA) is 69.6 Å². The van der Waals surface area contributed by atoms with Gasteiger partial charge in [0.2, 0.25) is 0 Å². The molecular formula is C15H15NO3. The van der Waals surface area contributed by atoms with E-state index in [1.807, 2.05) is 0 Å². The van der Waals surface area contributed by atoms with E-state index in [1.54, 1.807) is 43.3 Å². The molecule has 0 spiro atoms. The molecule has 0 radical (unpaired) electrons. The van der Waals surface area contributed by atoms with E-state index in [0.29, 0.717) is 12.1 Å². The zero-order chi connectivity index (χ0) is 13.8. The van der Waals surface area contributed by atoms with Crippen molar-refractivity contribution >= 4 is 5.91 Å². The second-order valence-corrected chi connectivity index (χ2v) is 4.35. The van der Waals surface area contributed by atoms with Gasteiger partial charge in [-0.1, -0.05) is 12.1 Å². The SMILES string of the molecule is Cc1cc(O)ccc1C(=O)NCc1ccc(O)cc1. The van der Waals surface area contributed by atoms with Crippen molar-refractivity contribution in [3.05, 3.63) is 59.2 Å². The van der Waals surface area contributed by atoms with E-state index in [0.717, 1.165) is 11.1 Å². The summed E-state index contributed by atoms with van der Waals surface area (Å²) in [4.78, 5) is 12.0. The number of rotatable bonds is 3. The Morgan fingerprint density at radius 3 is 2.32 bits per heavy atom.